The second-order valence-corrected chi connectivity index (χ2v) is 5.93. The predicted octanol–water partition coefficient (Wildman–Crippen LogP) is 2.81. The maximum absolute atomic E-state index is 4.66. The van der Waals surface area contributed by atoms with Gasteiger partial charge in [0.25, 0.3) is 0 Å². The SMILES string of the molecule is c1c[nH]c(-c2ccc(C34CCCN(CC3)C4)cn2)c1. The van der Waals surface area contributed by atoms with Gasteiger partial charge < -0.3 is 9.88 Å². The van der Waals surface area contributed by atoms with Crippen LogP contribution in [0.3, 0.4) is 0 Å². The summed E-state index contributed by atoms with van der Waals surface area (Å²) in [5.74, 6) is 0. The lowest BCUT2D eigenvalue weighted by Crippen LogP contribution is -2.36. The summed E-state index contributed by atoms with van der Waals surface area (Å²) in [6, 6.07) is 8.53. The number of piperidine rings is 1. The molecular weight excluding hydrogens is 234 g/mol. The molecule has 0 aliphatic carbocycles. The van der Waals surface area contributed by atoms with Gasteiger partial charge in [-0.25, -0.2) is 0 Å². The van der Waals surface area contributed by atoms with Crippen molar-refractivity contribution in [2.45, 2.75) is 24.7 Å². The van der Waals surface area contributed by atoms with Gasteiger partial charge in [0.15, 0.2) is 0 Å². The molecule has 2 aromatic rings. The molecule has 0 radical (unpaired) electrons. The van der Waals surface area contributed by atoms with Gasteiger partial charge in [-0.15, -0.1) is 0 Å². The van der Waals surface area contributed by atoms with E-state index in [-0.39, 0.29) is 0 Å². The number of fused-ring (bicyclic) bond motifs is 2. The van der Waals surface area contributed by atoms with Gasteiger partial charge >= 0.3 is 0 Å². The van der Waals surface area contributed by atoms with Crippen LogP contribution in [0, 0.1) is 0 Å². The van der Waals surface area contributed by atoms with Crippen LogP contribution in [0.4, 0.5) is 0 Å². The Morgan fingerprint density at radius 1 is 1.16 bits per heavy atom. The number of aromatic nitrogens is 2. The van der Waals surface area contributed by atoms with Crippen LogP contribution in [0.15, 0.2) is 36.7 Å². The largest absolute Gasteiger partial charge is 0.360 e. The molecule has 0 aromatic carbocycles. The highest BCUT2D eigenvalue weighted by Crippen LogP contribution is 2.41. The van der Waals surface area contributed by atoms with E-state index in [9.17, 15) is 0 Å². The van der Waals surface area contributed by atoms with E-state index in [0.29, 0.717) is 5.41 Å². The first-order chi connectivity index (χ1) is 9.36. The molecule has 2 unspecified atom stereocenters. The Labute approximate surface area is 113 Å². The van der Waals surface area contributed by atoms with Crippen LogP contribution in [0.5, 0.6) is 0 Å². The molecular formula is C16H19N3. The lowest BCUT2D eigenvalue weighted by atomic mass is 9.75. The summed E-state index contributed by atoms with van der Waals surface area (Å²) in [7, 11) is 0. The summed E-state index contributed by atoms with van der Waals surface area (Å²) < 4.78 is 0. The van der Waals surface area contributed by atoms with E-state index in [1.165, 1.54) is 44.5 Å². The van der Waals surface area contributed by atoms with Crippen LogP contribution in [-0.4, -0.2) is 34.5 Å². The fourth-order valence-corrected chi connectivity index (χ4v) is 3.73. The van der Waals surface area contributed by atoms with Gasteiger partial charge in [-0.1, -0.05) is 6.07 Å². The molecule has 2 saturated heterocycles. The average Bonchev–Trinajstić information content (AvgIpc) is 3.09. The Kier molecular flexibility index (Phi) is 2.49. The maximum atomic E-state index is 4.66. The van der Waals surface area contributed by atoms with Crippen molar-refractivity contribution in [1.29, 1.82) is 0 Å². The van der Waals surface area contributed by atoms with Crippen LogP contribution in [0.25, 0.3) is 11.4 Å². The zero-order chi connectivity index (χ0) is 12.7. The Morgan fingerprint density at radius 3 is 2.95 bits per heavy atom. The van der Waals surface area contributed by atoms with Gasteiger partial charge in [0.1, 0.15) is 0 Å². The smallest absolute Gasteiger partial charge is 0.0864 e. The molecule has 3 nitrogen and oxygen atoms in total. The molecule has 2 aliphatic rings. The van der Waals surface area contributed by atoms with E-state index in [1.54, 1.807) is 0 Å². The minimum absolute atomic E-state index is 0.388. The molecule has 2 aromatic heterocycles. The van der Waals surface area contributed by atoms with E-state index in [4.69, 9.17) is 0 Å². The molecule has 98 valence electrons. The van der Waals surface area contributed by atoms with Crippen LogP contribution < -0.4 is 0 Å². The first kappa shape index (κ1) is 11.2. The average molecular weight is 253 g/mol. The third-order valence-corrected chi connectivity index (χ3v) is 4.81. The zero-order valence-corrected chi connectivity index (χ0v) is 11.1. The first-order valence-electron chi connectivity index (χ1n) is 7.18. The summed E-state index contributed by atoms with van der Waals surface area (Å²) >= 11 is 0. The highest BCUT2D eigenvalue weighted by atomic mass is 15.2. The van der Waals surface area contributed by atoms with E-state index in [1.807, 2.05) is 12.3 Å². The molecule has 0 saturated carbocycles. The van der Waals surface area contributed by atoms with Crippen molar-refractivity contribution in [2.24, 2.45) is 0 Å². The van der Waals surface area contributed by atoms with Gasteiger partial charge in [0.2, 0.25) is 0 Å². The molecule has 4 rings (SSSR count). The summed E-state index contributed by atoms with van der Waals surface area (Å²) in [5.41, 5.74) is 3.96. The fourth-order valence-electron chi connectivity index (χ4n) is 3.73. The number of nitrogens with zero attached hydrogens (tertiary/aromatic N) is 2. The Hall–Kier alpha value is -1.61. The normalized spacial score (nSPS) is 29.6. The number of hydrogen-bond acceptors (Lipinski definition) is 2. The monoisotopic (exact) mass is 253 g/mol. The summed E-state index contributed by atoms with van der Waals surface area (Å²) in [4.78, 5) is 10.5. The minimum atomic E-state index is 0.388. The molecule has 2 fully saturated rings. The van der Waals surface area contributed by atoms with E-state index in [0.717, 1.165) is 11.4 Å². The van der Waals surface area contributed by atoms with Crippen LogP contribution in [0.1, 0.15) is 24.8 Å². The minimum Gasteiger partial charge on any atom is -0.360 e. The van der Waals surface area contributed by atoms with Crippen LogP contribution >= 0.6 is 0 Å². The molecule has 0 spiro atoms. The quantitative estimate of drug-likeness (QED) is 0.892. The first-order valence-corrected chi connectivity index (χ1v) is 7.18. The molecule has 1 N–H and O–H groups in total. The van der Waals surface area contributed by atoms with E-state index < -0.39 is 0 Å². The van der Waals surface area contributed by atoms with Gasteiger partial charge in [0, 0.05) is 24.4 Å². The number of H-pyrrole nitrogens is 1. The highest BCUT2D eigenvalue weighted by molar-refractivity contribution is 5.54. The van der Waals surface area contributed by atoms with Gasteiger partial charge in [-0.05, 0) is 56.1 Å². The van der Waals surface area contributed by atoms with Crippen molar-refractivity contribution in [3.05, 3.63) is 42.2 Å². The van der Waals surface area contributed by atoms with Crippen molar-refractivity contribution in [1.82, 2.24) is 14.9 Å². The topological polar surface area (TPSA) is 31.9 Å². The Bertz CT molecular complexity index is 554. The standard InChI is InChI=1S/C16H19N3/c1-3-14(17-8-1)15-5-4-13(11-18-15)16-6-2-9-19(12-16)10-7-16/h1,3-5,8,11,17H,2,6-7,9-10,12H2. The van der Waals surface area contributed by atoms with Crippen molar-refractivity contribution in [2.75, 3.05) is 19.6 Å². The third-order valence-electron chi connectivity index (χ3n) is 4.81. The molecule has 2 bridgehead atoms. The Morgan fingerprint density at radius 2 is 2.16 bits per heavy atom. The molecule has 3 heteroatoms. The van der Waals surface area contributed by atoms with E-state index >= 15 is 0 Å². The Balaban J connectivity index is 1.66. The molecule has 0 amide bonds. The number of aromatic amines is 1. The number of pyridine rings is 1. The lowest BCUT2D eigenvalue weighted by molar-refractivity contribution is 0.243. The fraction of sp³-hybridized carbons (Fsp3) is 0.438. The number of hydrogen-bond donors (Lipinski definition) is 1. The predicted molar refractivity (Wildman–Crippen MR) is 76.0 cm³/mol. The van der Waals surface area contributed by atoms with E-state index in [2.05, 4.69) is 39.3 Å². The molecule has 4 heterocycles. The highest BCUT2D eigenvalue weighted by Gasteiger charge is 2.42. The number of nitrogens with one attached hydrogen (secondary N) is 1. The second kappa shape index (κ2) is 4.20. The summed E-state index contributed by atoms with van der Waals surface area (Å²) in [6.45, 7) is 3.78. The molecule has 2 aliphatic heterocycles. The van der Waals surface area contributed by atoms with Gasteiger partial charge in [-0.3, -0.25) is 4.98 Å². The third kappa shape index (κ3) is 1.80. The second-order valence-electron chi connectivity index (χ2n) is 5.93. The van der Waals surface area contributed by atoms with Crippen molar-refractivity contribution >= 4 is 0 Å². The maximum Gasteiger partial charge on any atom is 0.0864 e. The van der Waals surface area contributed by atoms with Crippen LogP contribution in [-0.2, 0) is 5.41 Å². The van der Waals surface area contributed by atoms with Crippen molar-refractivity contribution in [3.8, 4) is 11.4 Å². The molecule has 2 atom stereocenters. The summed E-state index contributed by atoms with van der Waals surface area (Å²) in [6.07, 6.45) is 8.01. The zero-order valence-electron chi connectivity index (χ0n) is 11.1. The lowest BCUT2D eigenvalue weighted by Gasteiger charge is -2.34. The van der Waals surface area contributed by atoms with Gasteiger partial charge in [0.05, 0.1) is 11.4 Å². The van der Waals surface area contributed by atoms with Gasteiger partial charge in [-0.2, -0.15) is 0 Å². The molecule has 19 heavy (non-hydrogen) atoms. The van der Waals surface area contributed by atoms with Crippen molar-refractivity contribution in [3.63, 3.8) is 0 Å². The van der Waals surface area contributed by atoms with Crippen LogP contribution in [0.2, 0.25) is 0 Å². The number of rotatable bonds is 2. The summed E-state index contributed by atoms with van der Waals surface area (Å²) in [5, 5.41) is 0. The van der Waals surface area contributed by atoms with Crippen molar-refractivity contribution < 1.29 is 0 Å².